The highest BCUT2D eigenvalue weighted by molar-refractivity contribution is 7.20. The van der Waals surface area contributed by atoms with Gasteiger partial charge in [-0.2, -0.15) is 10.5 Å². The van der Waals surface area contributed by atoms with Crippen LogP contribution < -0.4 is 29.3 Å². The maximum absolute atomic E-state index is 11.7. The molecule has 1 aliphatic carbocycles. The van der Waals surface area contributed by atoms with Crippen LogP contribution in [0.25, 0.3) is 53.6 Å². The molecule has 0 N–H and O–H groups in total. The number of aromatic nitrogens is 4. The summed E-state index contributed by atoms with van der Waals surface area (Å²) in [5, 5.41) is 27.2. The standard InChI is InChI=1S/C49H34B2N6O4S2/c1-29-15-5-6-18-31(29)45-43-42(46(57(45)51-60-38-23-11-12-24-39(38)61-51)32(27-52)48-54-34-19-7-13-25-40(34)62-48)44(30-16-3-2-4-17-30)56(50-58-36-21-9-10-22-37(36)59-50)47(43)33(28-53)49-55-35-20-8-14-26-41(35)63-49/h5-15,18-26,30H,2-4,16-17H2,1H3/b46-32-,47-33-. The fourth-order valence-electron chi connectivity index (χ4n) is 9.58. The first-order valence-electron chi connectivity index (χ1n) is 21.1. The molecule has 0 radical (unpaired) electrons. The van der Waals surface area contributed by atoms with Crippen LogP contribution in [0.5, 0.6) is 23.0 Å². The normalized spacial score (nSPS) is 15.6. The van der Waals surface area contributed by atoms with Crippen molar-refractivity contribution in [3.63, 3.8) is 0 Å². The average Bonchev–Trinajstić information content (AvgIpc) is 4.18. The zero-order valence-corrected chi connectivity index (χ0v) is 35.6. The number of fused-ring (bicyclic) bond motifs is 5. The van der Waals surface area contributed by atoms with Crippen LogP contribution >= 0.6 is 22.7 Å². The van der Waals surface area contributed by atoms with Crippen molar-refractivity contribution in [3.8, 4) is 46.4 Å². The molecule has 1 saturated carbocycles. The zero-order valence-electron chi connectivity index (χ0n) is 33.9. The molecule has 5 aromatic carbocycles. The fourth-order valence-corrected chi connectivity index (χ4v) is 11.5. The molecule has 0 spiro atoms. The first-order chi connectivity index (χ1) is 31.1. The molecule has 0 saturated heterocycles. The monoisotopic (exact) mass is 856 g/mol. The first kappa shape index (κ1) is 37.5. The number of para-hydroxylation sites is 6. The molecule has 0 amide bonds. The van der Waals surface area contributed by atoms with Gasteiger partial charge in [0, 0.05) is 22.0 Å². The molecule has 3 aliphatic rings. The van der Waals surface area contributed by atoms with Crippen LogP contribution in [0.15, 0.2) is 121 Å². The van der Waals surface area contributed by atoms with Crippen molar-refractivity contribution in [2.75, 3.05) is 0 Å². The molecule has 4 aromatic heterocycles. The van der Waals surface area contributed by atoms with Gasteiger partial charge in [-0.25, -0.2) is 9.97 Å². The number of nitrogens with zero attached hydrogens (tertiary/aromatic N) is 6. The van der Waals surface area contributed by atoms with E-state index in [4.69, 9.17) is 28.6 Å². The van der Waals surface area contributed by atoms with E-state index >= 15 is 0 Å². The Morgan fingerprint density at radius 2 is 1.05 bits per heavy atom. The smallest absolute Gasteiger partial charge is 0.503 e. The van der Waals surface area contributed by atoms with E-state index in [9.17, 15) is 10.5 Å². The lowest BCUT2D eigenvalue weighted by molar-refractivity contribution is 0.422. The lowest BCUT2D eigenvalue weighted by Crippen LogP contribution is -2.45. The number of rotatable bonds is 6. The molecular formula is C49H34B2N6O4S2. The highest BCUT2D eigenvalue weighted by Crippen LogP contribution is 2.44. The molecule has 14 heteroatoms. The second kappa shape index (κ2) is 15.0. The lowest BCUT2D eigenvalue weighted by atomic mass is 9.84. The third-order valence-corrected chi connectivity index (χ3v) is 14.4. The van der Waals surface area contributed by atoms with Crippen LogP contribution in [0.3, 0.4) is 0 Å². The lowest BCUT2D eigenvalue weighted by Gasteiger charge is -2.25. The number of thiazole rings is 2. The summed E-state index contributed by atoms with van der Waals surface area (Å²) in [4.78, 5) is 10.2. The fraction of sp³-hybridized carbons (Fsp3) is 0.143. The highest BCUT2D eigenvalue weighted by atomic mass is 32.1. The summed E-state index contributed by atoms with van der Waals surface area (Å²) in [6.07, 6.45) is 4.92. The first-order valence-corrected chi connectivity index (χ1v) is 22.7. The summed E-state index contributed by atoms with van der Waals surface area (Å²) in [6.45, 7) is 2.08. The van der Waals surface area contributed by atoms with Crippen LogP contribution in [-0.4, -0.2) is 33.4 Å². The SMILES string of the molecule is Cc1ccccc1-c1c2/c(=C(\C#N)c3nc4ccccc4s3)n(B3Oc4ccccc4O3)c(C3CCCCC3)c2/c(=C(\C#N)c2nc3ccccc3s2)n1B1Oc2ccccc2O1. The Balaban J connectivity index is 1.34. The van der Waals surface area contributed by atoms with Crippen LogP contribution in [0.2, 0.25) is 0 Å². The molecule has 0 bridgehead atoms. The number of aryl methyl sites for hydroxylation is 1. The largest absolute Gasteiger partial charge is 0.743 e. The summed E-state index contributed by atoms with van der Waals surface area (Å²) in [6, 6.07) is 44.7. The van der Waals surface area contributed by atoms with Crippen molar-refractivity contribution in [2.45, 2.75) is 44.9 Å². The molecule has 0 unspecified atom stereocenters. The minimum absolute atomic E-state index is 0.00142. The Morgan fingerprint density at radius 3 is 1.56 bits per heavy atom. The molecule has 2 aliphatic heterocycles. The Bertz CT molecular complexity index is 3340. The van der Waals surface area contributed by atoms with E-state index in [-0.39, 0.29) is 5.92 Å². The van der Waals surface area contributed by atoms with Gasteiger partial charge in [0.15, 0.2) is 0 Å². The van der Waals surface area contributed by atoms with E-state index in [0.29, 0.717) is 54.9 Å². The van der Waals surface area contributed by atoms with E-state index in [0.717, 1.165) is 85.8 Å². The molecule has 10 nitrogen and oxygen atoms in total. The van der Waals surface area contributed by atoms with Gasteiger partial charge in [0.25, 0.3) is 0 Å². The highest BCUT2D eigenvalue weighted by Gasteiger charge is 2.46. The molecule has 302 valence electrons. The maximum atomic E-state index is 11.7. The molecule has 9 aromatic rings. The summed E-state index contributed by atoms with van der Waals surface area (Å²) < 4.78 is 33.3. The van der Waals surface area contributed by atoms with Gasteiger partial charge in [-0.3, -0.25) is 0 Å². The summed E-state index contributed by atoms with van der Waals surface area (Å²) in [5.41, 5.74) is 5.82. The van der Waals surface area contributed by atoms with Crippen molar-refractivity contribution < 1.29 is 18.6 Å². The Hall–Kier alpha value is -7.25. The van der Waals surface area contributed by atoms with Gasteiger partial charge in [0.2, 0.25) is 0 Å². The maximum Gasteiger partial charge on any atom is 0.743 e. The Labute approximate surface area is 370 Å². The Kier molecular flexibility index (Phi) is 8.92. The minimum atomic E-state index is -1.03. The topological polar surface area (TPSA) is 120 Å². The van der Waals surface area contributed by atoms with Gasteiger partial charge < -0.3 is 27.6 Å². The van der Waals surface area contributed by atoms with Crippen molar-refractivity contribution >= 4 is 79.5 Å². The van der Waals surface area contributed by atoms with E-state index in [1.165, 1.54) is 22.7 Å². The zero-order chi connectivity index (χ0) is 42.2. The predicted octanol–water partition coefficient (Wildman–Crippen LogP) is 9.74. The van der Waals surface area contributed by atoms with Crippen LogP contribution in [0.4, 0.5) is 0 Å². The molecular weight excluding hydrogens is 822 g/mol. The number of nitriles is 2. The van der Waals surface area contributed by atoms with Gasteiger partial charge in [0.05, 0.1) is 36.8 Å². The van der Waals surface area contributed by atoms with Gasteiger partial charge >= 0.3 is 14.5 Å². The van der Waals surface area contributed by atoms with E-state index < -0.39 is 14.5 Å². The van der Waals surface area contributed by atoms with E-state index in [1.807, 2.05) is 114 Å². The van der Waals surface area contributed by atoms with Gasteiger partial charge in [0.1, 0.15) is 56.3 Å². The van der Waals surface area contributed by atoms with Crippen LogP contribution in [0, 0.1) is 29.6 Å². The van der Waals surface area contributed by atoms with Crippen LogP contribution in [0.1, 0.15) is 59.3 Å². The molecule has 1 fully saturated rings. The van der Waals surface area contributed by atoms with E-state index in [1.54, 1.807) is 0 Å². The number of hydrogen-bond donors (Lipinski definition) is 0. The number of hydrogen-bond acceptors (Lipinski definition) is 10. The Morgan fingerprint density at radius 1 is 0.587 bits per heavy atom. The number of benzene rings is 5. The summed E-state index contributed by atoms with van der Waals surface area (Å²) >= 11 is 2.94. The van der Waals surface area contributed by atoms with Gasteiger partial charge in [-0.1, -0.05) is 92.1 Å². The molecule has 0 atom stereocenters. The summed E-state index contributed by atoms with van der Waals surface area (Å²) in [5.74, 6) is 2.38. The van der Waals surface area contributed by atoms with Crippen LogP contribution in [-0.2, 0) is 0 Å². The quantitative estimate of drug-likeness (QED) is 0.152. The average molecular weight is 857 g/mol. The van der Waals surface area contributed by atoms with Crippen molar-refractivity contribution in [3.05, 3.63) is 153 Å². The van der Waals surface area contributed by atoms with Gasteiger partial charge in [-0.15, -0.1) is 22.7 Å². The minimum Gasteiger partial charge on any atom is -0.503 e. The third kappa shape index (κ3) is 5.97. The predicted molar refractivity (Wildman–Crippen MR) is 248 cm³/mol. The van der Waals surface area contributed by atoms with Crippen molar-refractivity contribution in [1.82, 2.24) is 18.9 Å². The second-order valence-corrected chi connectivity index (χ2v) is 18.1. The second-order valence-electron chi connectivity index (χ2n) is 16.0. The molecule has 6 heterocycles. The van der Waals surface area contributed by atoms with E-state index in [2.05, 4.69) is 35.7 Å². The summed E-state index contributed by atoms with van der Waals surface area (Å²) in [7, 11) is -2.02. The van der Waals surface area contributed by atoms with Crippen molar-refractivity contribution in [2.24, 2.45) is 0 Å². The molecule has 12 rings (SSSR count). The molecule has 63 heavy (non-hydrogen) atoms. The van der Waals surface area contributed by atoms with Gasteiger partial charge in [-0.05, 0) is 79.8 Å². The third-order valence-electron chi connectivity index (χ3n) is 12.3. The van der Waals surface area contributed by atoms with Crippen molar-refractivity contribution in [1.29, 1.82) is 10.5 Å².